The molecule has 0 spiro atoms. The molecule has 2 aromatic rings. The maximum atomic E-state index is 12.0. The monoisotopic (exact) mass is 332 g/mol. The van der Waals surface area contributed by atoms with Gasteiger partial charge in [-0.25, -0.2) is 4.98 Å². The zero-order valence-electron chi connectivity index (χ0n) is 14.2. The molecule has 1 N–H and O–H groups in total. The van der Waals surface area contributed by atoms with Gasteiger partial charge >= 0.3 is 0 Å². The van der Waals surface area contributed by atoms with Crippen molar-refractivity contribution < 1.29 is 13.6 Å². The molecule has 0 aromatic carbocycles. The van der Waals surface area contributed by atoms with Gasteiger partial charge in [0, 0.05) is 19.1 Å². The molecule has 1 aliphatic heterocycles. The Hall–Kier alpha value is -2.12. The molecule has 0 aliphatic carbocycles. The quantitative estimate of drug-likeness (QED) is 0.826. The number of aromatic nitrogens is 1. The van der Waals surface area contributed by atoms with E-state index in [2.05, 4.69) is 27.1 Å². The van der Waals surface area contributed by atoms with Crippen LogP contribution in [0.1, 0.15) is 23.8 Å². The molecule has 3 heterocycles. The van der Waals surface area contributed by atoms with E-state index in [1.54, 1.807) is 12.5 Å². The van der Waals surface area contributed by atoms with Crippen molar-refractivity contribution >= 4 is 5.91 Å². The molecule has 7 nitrogen and oxygen atoms in total. The molecule has 1 fully saturated rings. The van der Waals surface area contributed by atoms with Gasteiger partial charge in [-0.2, -0.15) is 0 Å². The SMILES string of the molecule is Cc1cnc(CN(C)[C@@H]2CCN(CC(=O)NCc3ccco3)C2)o1. The van der Waals surface area contributed by atoms with Gasteiger partial charge in [0.2, 0.25) is 11.8 Å². The van der Waals surface area contributed by atoms with Crippen LogP contribution in [0, 0.1) is 6.92 Å². The highest BCUT2D eigenvalue weighted by Crippen LogP contribution is 2.16. The Bertz CT molecular complexity index is 653. The van der Waals surface area contributed by atoms with E-state index in [0.717, 1.165) is 36.9 Å². The van der Waals surface area contributed by atoms with Gasteiger partial charge in [-0.3, -0.25) is 14.6 Å². The minimum atomic E-state index is 0.0260. The van der Waals surface area contributed by atoms with Crippen LogP contribution in [0.15, 0.2) is 33.4 Å². The molecule has 0 bridgehead atoms. The van der Waals surface area contributed by atoms with Crippen molar-refractivity contribution in [3.63, 3.8) is 0 Å². The van der Waals surface area contributed by atoms with Crippen molar-refractivity contribution in [3.8, 4) is 0 Å². The molecule has 1 saturated heterocycles. The van der Waals surface area contributed by atoms with Gasteiger partial charge in [-0.1, -0.05) is 0 Å². The van der Waals surface area contributed by atoms with E-state index >= 15 is 0 Å². The minimum absolute atomic E-state index is 0.0260. The second-order valence-corrected chi connectivity index (χ2v) is 6.31. The third-order valence-corrected chi connectivity index (χ3v) is 4.33. The number of rotatable bonds is 7. The van der Waals surface area contributed by atoms with E-state index in [4.69, 9.17) is 8.83 Å². The lowest BCUT2D eigenvalue weighted by molar-refractivity contribution is -0.122. The molecule has 0 radical (unpaired) electrons. The minimum Gasteiger partial charge on any atom is -0.467 e. The molecule has 24 heavy (non-hydrogen) atoms. The number of likely N-dealkylation sites (tertiary alicyclic amines) is 1. The van der Waals surface area contributed by atoms with E-state index in [1.807, 2.05) is 19.1 Å². The fraction of sp³-hybridized carbons (Fsp3) is 0.529. The van der Waals surface area contributed by atoms with Crippen LogP contribution < -0.4 is 5.32 Å². The highest BCUT2D eigenvalue weighted by atomic mass is 16.4. The first kappa shape index (κ1) is 16.7. The average Bonchev–Trinajstić information content (AvgIpc) is 3.27. The molecule has 3 rings (SSSR count). The van der Waals surface area contributed by atoms with Crippen molar-refractivity contribution in [2.75, 3.05) is 26.7 Å². The van der Waals surface area contributed by atoms with Gasteiger partial charge in [0.1, 0.15) is 11.5 Å². The number of amides is 1. The molecule has 2 aromatic heterocycles. The van der Waals surface area contributed by atoms with E-state index < -0.39 is 0 Å². The summed E-state index contributed by atoms with van der Waals surface area (Å²) in [5, 5.41) is 2.89. The fourth-order valence-electron chi connectivity index (χ4n) is 2.99. The predicted octanol–water partition coefficient (Wildman–Crippen LogP) is 1.40. The number of nitrogens with zero attached hydrogens (tertiary/aromatic N) is 3. The summed E-state index contributed by atoms with van der Waals surface area (Å²) in [6, 6.07) is 4.08. The smallest absolute Gasteiger partial charge is 0.234 e. The Kier molecular flexibility index (Phi) is 5.32. The van der Waals surface area contributed by atoms with Crippen LogP contribution >= 0.6 is 0 Å². The zero-order valence-corrected chi connectivity index (χ0v) is 14.2. The number of aryl methyl sites for hydroxylation is 1. The Morgan fingerprint density at radius 2 is 2.42 bits per heavy atom. The van der Waals surface area contributed by atoms with Gasteiger partial charge in [0.25, 0.3) is 0 Å². The number of carbonyl (C=O) groups is 1. The van der Waals surface area contributed by atoms with Crippen LogP contribution in [0.2, 0.25) is 0 Å². The molecule has 1 aliphatic rings. The average molecular weight is 332 g/mol. The van der Waals surface area contributed by atoms with E-state index in [1.165, 1.54) is 0 Å². The Labute approximate surface area is 141 Å². The molecule has 1 atom stereocenters. The van der Waals surface area contributed by atoms with E-state index in [0.29, 0.717) is 25.7 Å². The van der Waals surface area contributed by atoms with Crippen molar-refractivity contribution in [2.45, 2.75) is 32.5 Å². The normalized spacial score (nSPS) is 18.4. The summed E-state index contributed by atoms with van der Waals surface area (Å²) in [7, 11) is 2.07. The maximum absolute atomic E-state index is 12.0. The summed E-state index contributed by atoms with van der Waals surface area (Å²) in [6.45, 7) is 5.25. The van der Waals surface area contributed by atoms with Gasteiger partial charge in [-0.15, -0.1) is 0 Å². The number of oxazole rings is 1. The number of hydrogen-bond donors (Lipinski definition) is 1. The lowest BCUT2D eigenvalue weighted by Crippen LogP contribution is -2.38. The number of likely N-dealkylation sites (N-methyl/N-ethyl adjacent to an activating group) is 1. The fourth-order valence-corrected chi connectivity index (χ4v) is 2.99. The first-order valence-electron chi connectivity index (χ1n) is 8.23. The highest BCUT2D eigenvalue weighted by Gasteiger charge is 2.27. The third kappa shape index (κ3) is 4.46. The summed E-state index contributed by atoms with van der Waals surface area (Å²) in [5.41, 5.74) is 0. The lowest BCUT2D eigenvalue weighted by Gasteiger charge is -2.23. The predicted molar refractivity (Wildman–Crippen MR) is 88.1 cm³/mol. The molecule has 1 amide bonds. The largest absolute Gasteiger partial charge is 0.467 e. The van der Waals surface area contributed by atoms with Crippen molar-refractivity contribution in [1.82, 2.24) is 20.1 Å². The van der Waals surface area contributed by atoms with E-state index in [-0.39, 0.29) is 5.91 Å². The van der Waals surface area contributed by atoms with Crippen LogP contribution in [0.3, 0.4) is 0 Å². The summed E-state index contributed by atoms with van der Waals surface area (Å²) in [6.07, 6.45) is 4.40. The van der Waals surface area contributed by atoms with Gasteiger partial charge in [-0.05, 0) is 32.5 Å². The van der Waals surface area contributed by atoms with Crippen LogP contribution in [0.4, 0.5) is 0 Å². The molecular weight excluding hydrogens is 308 g/mol. The molecule has 7 heteroatoms. The third-order valence-electron chi connectivity index (χ3n) is 4.33. The second-order valence-electron chi connectivity index (χ2n) is 6.31. The standard InChI is InChI=1S/C17H24N4O3/c1-13-8-19-17(24-13)12-20(2)14-5-6-21(10-14)11-16(22)18-9-15-4-3-7-23-15/h3-4,7-8,14H,5-6,9-12H2,1-2H3,(H,18,22)/t14-/m1/s1. The maximum Gasteiger partial charge on any atom is 0.234 e. The van der Waals surface area contributed by atoms with Crippen LogP contribution in [-0.2, 0) is 17.9 Å². The summed E-state index contributed by atoms with van der Waals surface area (Å²) >= 11 is 0. The van der Waals surface area contributed by atoms with Crippen molar-refractivity contribution in [2.24, 2.45) is 0 Å². The Morgan fingerprint density at radius 1 is 1.54 bits per heavy atom. The summed E-state index contributed by atoms with van der Waals surface area (Å²) in [4.78, 5) is 20.7. The first-order chi connectivity index (χ1) is 11.6. The topological polar surface area (TPSA) is 74.8 Å². The van der Waals surface area contributed by atoms with Gasteiger partial charge in [0.15, 0.2) is 0 Å². The molecule has 0 saturated carbocycles. The molecule has 0 unspecified atom stereocenters. The summed E-state index contributed by atoms with van der Waals surface area (Å²) in [5.74, 6) is 2.37. The van der Waals surface area contributed by atoms with Crippen LogP contribution in [0.25, 0.3) is 0 Å². The molecule has 130 valence electrons. The van der Waals surface area contributed by atoms with Gasteiger partial charge in [0.05, 0.1) is 32.1 Å². The number of hydrogen-bond acceptors (Lipinski definition) is 6. The zero-order chi connectivity index (χ0) is 16.9. The number of carbonyl (C=O) groups excluding carboxylic acids is 1. The first-order valence-corrected chi connectivity index (χ1v) is 8.23. The van der Waals surface area contributed by atoms with Gasteiger partial charge < -0.3 is 14.2 Å². The van der Waals surface area contributed by atoms with Crippen molar-refractivity contribution in [1.29, 1.82) is 0 Å². The van der Waals surface area contributed by atoms with Crippen LogP contribution in [-0.4, -0.2) is 53.4 Å². The van der Waals surface area contributed by atoms with Crippen LogP contribution in [0.5, 0.6) is 0 Å². The Balaban J connectivity index is 1.40. The van der Waals surface area contributed by atoms with Crippen molar-refractivity contribution in [3.05, 3.63) is 42.0 Å². The van der Waals surface area contributed by atoms with E-state index in [9.17, 15) is 4.79 Å². The second kappa shape index (κ2) is 7.63. The lowest BCUT2D eigenvalue weighted by atomic mass is 10.2. The Morgan fingerprint density at radius 3 is 3.12 bits per heavy atom. The number of nitrogens with one attached hydrogen (secondary N) is 1. The summed E-state index contributed by atoms with van der Waals surface area (Å²) < 4.78 is 10.7. The highest BCUT2D eigenvalue weighted by molar-refractivity contribution is 5.77. The molecular formula is C17H24N4O3. The number of furan rings is 1.